The van der Waals surface area contributed by atoms with Gasteiger partial charge < -0.3 is 24.1 Å². The van der Waals surface area contributed by atoms with Gasteiger partial charge in [-0.1, -0.05) is 437 Å². The van der Waals surface area contributed by atoms with E-state index in [1.165, 1.54) is 397 Å². The van der Waals surface area contributed by atoms with Gasteiger partial charge in [0.2, 0.25) is 0 Å². The van der Waals surface area contributed by atoms with Crippen LogP contribution in [0.3, 0.4) is 0 Å². The summed E-state index contributed by atoms with van der Waals surface area (Å²) in [6, 6.07) is 12.0. The molecule has 6 heteroatoms. The van der Waals surface area contributed by atoms with E-state index in [1.54, 1.807) is 12.2 Å². The van der Waals surface area contributed by atoms with Crippen molar-refractivity contribution in [1.82, 2.24) is 0 Å². The number of benzene rings is 2. The highest BCUT2D eigenvalue weighted by atomic mass is 16.5. The number of aliphatic hydroxyl groups is 1. The largest absolute Gasteiger partial charge is 0.508 e. The van der Waals surface area contributed by atoms with Gasteiger partial charge in [-0.2, -0.15) is 0 Å². The Morgan fingerprint density at radius 2 is 0.443 bits per heavy atom. The number of unbranched alkanes of at least 4 members (excludes halogenated alkanes) is 60. The quantitative estimate of drug-likeness (QED) is 0.0308. The first-order valence-corrected chi connectivity index (χ1v) is 43.1. The summed E-state index contributed by atoms with van der Waals surface area (Å²) in [5, 5.41) is 11.0. The molecule has 0 unspecified atom stereocenters. The Hall–Kier alpha value is -3.67. The third-order valence-corrected chi connectivity index (χ3v) is 20.1. The molecule has 2 aromatic carbocycles. The average molecular weight is 1350 g/mol. The number of rotatable bonds is 77. The fourth-order valence-electron chi connectivity index (χ4n) is 13.7. The van der Waals surface area contributed by atoms with Crippen LogP contribution in [-0.2, 0) is 4.79 Å². The summed E-state index contributed by atoms with van der Waals surface area (Å²) in [7, 11) is 0. The van der Waals surface area contributed by atoms with Crippen LogP contribution in [0.25, 0.3) is 12.2 Å². The van der Waals surface area contributed by atoms with Crippen LogP contribution in [0.1, 0.15) is 450 Å². The van der Waals surface area contributed by atoms with Gasteiger partial charge in [0.1, 0.15) is 5.76 Å². The minimum atomic E-state index is -0.290. The maximum absolute atomic E-state index is 13.3. The molecule has 0 aliphatic heterocycles. The second-order valence-electron chi connectivity index (χ2n) is 29.7. The molecule has 0 atom stereocenters. The van der Waals surface area contributed by atoms with Crippen molar-refractivity contribution in [3.05, 3.63) is 71.5 Å². The Morgan fingerprint density at radius 3 is 0.660 bits per heavy atom. The number of carbonyl (C=O) groups excluding carboxylic acids is 1. The second-order valence-corrected chi connectivity index (χ2v) is 29.7. The monoisotopic (exact) mass is 1350 g/mol. The Labute approximate surface area is 603 Å². The predicted molar refractivity (Wildman–Crippen MR) is 427 cm³/mol. The standard InChI is InChI=1S/C91H160O6/c1-5-9-13-17-21-25-29-33-37-41-45-49-53-57-61-65-77-94-88-75-71-84(81-90(88)96-79-67-63-59-55-51-47-43-39-35-31-27-23-19-15-11-7-3)69-73-86(92)83-87(93)74-70-85-72-76-89(95-78-66-62-58-54-50-46-42-38-34-30-26-22-18-14-10-6-2)91(82-85)97-80-68-64-60-56-52-48-44-40-36-32-28-24-20-16-12-8-4/h69-76,81-83,92H,5-68,77-80H2,1-4H3/b73-69+,74-70+,86-83-. The summed E-state index contributed by atoms with van der Waals surface area (Å²) in [5.74, 6) is 2.63. The van der Waals surface area contributed by atoms with E-state index in [0.717, 1.165) is 59.8 Å². The first-order valence-electron chi connectivity index (χ1n) is 43.1. The van der Waals surface area contributed by atoms with Crippen LogP contribution >= 0.6 is 0 Å². The van der Waals surface area contributed by atoms with Crippen molar-refractivity contribution in [3.63, 3.8) is 0 Å². The van der Waals surface area contributed by atoms with Crippen molar-refractivity contribution < 1.29 is 28.8 Å². The molecule has 97 heavy (non-hydrogen) atoms. The third kappa shape index (κ3) is 59.7. The zero-order valence-corrected chi connectivity index (χ0v) is 64.9. The highest BCUT2D eigenvalue weighted by Crippen LogP contribution is 2.32. The van der Waals surface area contributed by atoms with Crippen LogP contribution in [0.2, 0.25) is 0 Å². The molecule has 0 aliphatic carbocycles. The van der Waals surface area contributed by atoms with Crippen LogP contribution in [0.15, 0.2) is 60.4 Å². The third-order valence-electron chi connectivity index (χ3n) is 20.1. The maximum Gasteiger partial charge on any atom is 0.182 e. The molecule has 2 aromatic rings. The Morgan fingerprint density at radius 1 is 0.258 bits per heavy atom. The summed E-state index contributed by atoms with van der Waals surface area (Å²) < 4.78 is 25.7. The van der Waals surface area contributed by atoms with Gasteiger partial charge in [0.25, 0.3) is 0 Å². The zero-order chi connectivity index (χ0) is 69.3. The molecule has 560 valence electrons. The number of aliphatic hydroxyl groups excluding tert-OH is 1. The van der Waals surface area contributed by atoms with Crippen molar-refractivity contribution >= 4 is 17.9 Å². The van der Waals surface area contributed by atoms with E-state index in [-0.39, 0.29) is 11.5 Å². The average Bonchev–Trinajstić information content (AvgIpc) is 1.16. The lowest BCUT2D eigenvalue weighted by molar-refractivity contribution is -0.110. The van der Waals surface area contributed by atoms with E-state index in [1.807, 2.05) is 42.5 Å². The van der Waals surface area contributed by atoms with E-state index < -0.39 is 0 Å². The second kappa shape index (κ2) is 72.1. The van der Waals surface area contributed by atoms with Crippen LogP contribution < -0.4 is 18.9 Å². The normalized spacial score (nSPS) is 11.9. The maximum atomic E-state index is 13.3. The number of hydrogen-bond acceptors (Lipinski definition) is 6. The topological polar surface area (TPSA) is 74.2 Å². The van der Waals surface area contributed by atoms with E-state index >= 15 is 0 Å². The highest BCUT2D eigenvalue weighted by Gasteiger charge is 2.11. The summed E-state index contributed by atoms with van der Waals surface area (Å²) in [6.07, 6.45) is 94.1. The van der Waals surface area contributed by atoms with Crippen LogP contribution in [0.5, 0.6) is 23.0 Å². The molecule has 0 heterocycles. The summed E-state index contributed by atoms with van der Waals surface area (Å²) in [4.78, 5) is 13.3. The molecule has 1 N–H and O–H groups in total. The molecule has 0 saturated carbocycles. The fourth-order valence-corrected chi connectivity index (χ4v) is 13.7. The van der Waals surface area contributed by atoms with Gasteiger partial charge in [0, 0.05) is 6.08 Å². The summed E-state index contributed by atoms with van der Waals surface area (Å²) in [6.45, 7) is 11.8. The number of carbonyl (C=O) groups is 1. The molecule has 0 aromatic heterocycles. The van der Waals surface area contributed by atoms with E-state index in [0.29, 0.717) is 26.4 Å². The number of hydrogen-bond donors (Lipinski definition) is 1. The lowest BCUT2D eigenvalue weighted by atomic mass is 10.0. The zero-order valence-electron chi connectivity index (χ0n) is 64.9. The summed E-state index contributed by atoms with van der Waals surface area (Å²) in [5.41, 5.74) is 1.74. The van der Waals surface area contributed by atoms with Crippen molar-refractivity contribution in [2.45, 2.75) is 439 Å². The lowest BCUT2D eigenvalue weighted by Gasteiger charge is -2.14. The molecule has 0 saturated heterocycles. The Balaban J connectivity index is 1.94. The van der Waals surface area contributed by atoms with Crippen molar-refractivity contribution in [2.24, 2.45) is 0 Å². The van der Waals surface area contributed by atoms with Crippen molar-refractivity contribution in [2.75, 3.05) is 26.4 Å². The Bertz CT molecular complexity index is 2070. The SMILES string of the molecule is CCCCCCCCCCCCCCCCCCOc1ccc(/C=C/C(=O)/C=C(O)/C=C/c2ccc(OCCCCCCCCCCCCCCCCCC)c(OCCCCCCCCCCCCCCCCCC)c2)cc1OCCCCCCCCCCCCCCCCCC. The summed E-state index contributed by atoms with van der Waals surface area (Å²) >= 11 is 0. The predicted octanol–water partition coefficient (Wildman–Crippen LogP) is 31.0. The molecule has 0 amide bonds. The molecule has 0 bridgehead atoms. The van der Waals surface area contributed by atoms with E-state index in [9.17, 15) is 9.90 Å². The van der Waals surface area contributed by atoms with E-state index in [4.69, 9.17) is 18.9 Å². The first kappa shape index (κ1) is 89.4. The van der Waals surface area contributed by atoms with E-state index in [2.05, 4.69) is 27.7 Å². The van der Waals surface area contributed by atoms with Crippen molar-refractivity contribution in [3.8, 4) is 23.0 Å². The van der Waals surface area contributed by atoms with Crippen LogP contribution in [0, 0.1) is 0 Å². The molecular weight excluding hydrogens is 1190 g/mol. The van der Waals surface area contributed by atoms with Gasteiger partial charge in [-0.3, -0.25) is 4.79 Å². The smallest absolute Gasteiger partial charge is 0.182 e. The minimum Gasteiger partial charge on any atom is -0.508 e. The van der Waals surface area contributed by atoms with Gasteiger partial charge in [-0.25, -0.2) is 0 Å². The highest BCUT2D eigenvalue weighted by molar-refractivity contribution is 6.02. The number of ketones is 1. The minimum absolute atomic E-state index is 0.102. The van der Waals surface area contributed by atoms with Gasteiger partial charge >= 0.3 is 0 Å². The van der Waals surface area contributed by atoms with Gasteiger partial charge in [0.05, 0.1) is 26.4 Å². The Kier molecular flexibility index (Phi) is 66.5. The fraction of sp³-hybridized carbons (Fsp3) is 0.791. The van der Waals surface area contributed by atoms with Gasteiger partial charge in [-0.15, -0.1) is 0 Å². The lowest BCUT2D eigenvalue weighted by Crippen LogP contribution is -2.03. The van der Waals surface area contributed by atoms with Crippen molar-refractivity contribution in [1.29, 1.82) is 0 Å². The molecular formula is C91H160O6. The van der Waals surface area contributed by atoms with Gasteiger partial charge in [-0.05, 0) is 73.2 Å². The first-order chi connectivity index (χ1) is 48.0. The molecule has 0 aliphatic rings. The molecule has 0 radical (unpaired) electrons. The van der Waals surface area contributed by atoms with Gasteiger partial charge in [0.15, 0.2) is 28.8 Å². The molecule has 2 rings (SSSR count). The molecule has 6 nitrogen and oxygen atoms in total. The molecule has 0 fully saturated rings. The van der Waals surface area contributed by atoms with Crippen LogP contribution in [-0.4, -0.2) is 37.3 Å². The van der Waals surface area contributed by atoms with Crippen LogP contribution in [0.4, 0.5) is 0 Å². The number of allylic oxidation sites excluding steroid dienone is 3. The number of ether oxygens (including phenoxy) is 4. The molecule has 0 spiro atoms.